The fraction of sp³-hybridized carbons (Fsp3) is 0.100. The Labute approximate surface area is 89.1 Å². The first-order valence-corrected chi connectivity index (χ1v) is 4.37. The average molecular weight is 227 g/mol. The Kier molecular flexibility index (Phi) is 2.82. The van der Waals surface area contributed by atoms with Crippen LogP contribution in [0.25, 0.3) is 0 Å². The fourth-order valence-electron chi connectivity index (χ4n) is 1.05. The van der Waals surface area contributed by atoms with Gasteiger partial charge in [-0.3, -0.25) is 0 Å². The molecule has 0 fully saturated rings. The highest BCUT2D eigenvalue weighted by atomic mass is 19.2. The van der Waals surface area contributed by atoms with Crippen molar-refractivity contribution in [2.75, 3.05) is 0 Å². The lowest BCUT2D eigenvalue weighted by Gasteiger charge is -2.00. The van der Waals surface area contributed by atoms with E-state index in [1.807, 2.05) is 0 Å². The lowest BCUT2D eigenvalue weighted by atomic mass is 10.3. The van der Waals surface area contributed by atoms with Gasteiger partial charge in [0.05, 0.1) is 6.61 Å². The number of aromatic nitrogens is 1. The maximum absolute atomic E-state index is 12.8. The van der Waals surface area contributed by atoms with E-state index in [0.29, 0.717) is 0 Å². The molecule has 0 amide bonds. The second-order valence-electron chi connectivity index (χ2n) is 2.94. The number of aliphatic hydroxyl groups is 1. The summed E-state index contributed by atoms with van der Waals surface area (Å²) >= 11 is 0. The van der Waals surface area contributed by atoms with Gasteiger partial charge in [-0.15, -0.1) is 0 Å². The number of oxazole rings is 1. The molecule has 0 saturated heterocycles. The van der Waals surface area contributed by atoms with E-state index in [2.05, 4.69) is 4.98 Å². The second kappa shape index (κ2) is 4.28. The molecule has 1 heterocycles. The Morgan fingerprint density at radius 1 is 1.31 bits per heavy atom. The fourth-order valence-corrected chi connectivity index (χ4v) is 1.05. The number of aliphatic hydroxyl groups excluding tert-OH is 1. The van der Waals surface area contributed by atoms with Gasteiger partial charge in [-0.25, -0.2) is 8.78 Å². The first-order valence-electron chi connectivity index (χ1n) is 4.37. The summed E-state index contributed by atoms with van der Waals surface area (Å²) in [6, 6.07) is 3.04. The van der Waals surface area contributed by atoms with E-state index in [-0.39, 0.29) is 24.1 Å². The minimum absolute atomic E-state index is 0.0604. The predicted octanol–water partition coefficient (Wildman–Crippen LogP) is 2.24. The third-order valence-electron chi connectivity index (χ3n) is 1.79. The third-order valence-corrected chi connectivity index (χ3v) is 1.79. The molecule has 0 aliphatic rings. The number of benzene rings is 1. The molecule has 0 saturated carbocycles. The molecule has 0 spiro atoms. The van der Waals surface area contributed by atoms with Crippen molar-refractivity contribution in [3.8, 4) is 11.8 Å². The highest BCUT2D eigenvalue weighted by molar-refractivity contribution is 5.25. The molecule has 1 aromatic carbocycles. The van der Waals surface area contributed by atoms with Crippen molar-refractivity contribution < 1.29 is 23.0 Å². The van der Waals surface area contributed by atoms with Crippen LogP contribution in [0.1, 0.15) is 5.69 Å². The molecule has 0 unspecified atom stereocenters. The van der Waals surface area contributed by atoms with Crippen molar-refractivity contribution in [3.63, 3.8) is 0 Å². The molecule has 0 bridgehead atoms. The summed E-state index contributed by atoms with van der Waals surface area (Å²) in [7, 11) is 0. The Hall–Kier alpha value is -1.95. The van der Waals surface area contributed by atoms with Gasteiger partial charge in [0.25, 0.3) is 0 Å². The van der Waals surface area contributed by atoms with Crippen molar-refractivity contribution in [1.82, 2.24) is 4.98 Å². The minimum Gasteiger partial charge on any atom is -0.417 e. The molecule has 1 aromatic heterocycles. The number of ether oxygens (including phenoxy) is 1. The lowest BCUT2D eigenvalue weighted by molar-refractivity contribution is 0.276. The Bertz CT molecular complexity index is 499. The molecule has 16 heavy (non-hydrogen) atoms. The SMILES string of the molecule is OCc1coc(Oc2ccc(F)c(F)c2)n1. The molecule has 4 nitrogen and oxygen atoms in total. The number of rotatable bonds is 3. The monoisotopic (exact) mass is 227 g/mol. The van der Waals surface area contributed by atoms with E-state index in [0.717, 1.165) is 12.1 Å². The Morgan fingerprint density at radius 2 is 2.12 bits per heavy atom. The highest BCUT2D eigenvalue weighted by Gasteiger charge is 2.08. The van der Waals surface area contributed by atoms with Gasteiger partial charge in [0.1, 0.15) is 17.7 Å². The van der Waals surface area contributed by atoms with Gasteiger partial charge >= 0.3 is 6.08 Å². The van der Waals surface area contributed by atoms with Crippen LogP contribution in [0.15, 0.2) is 28.9 Å². The van der Waals surface area contributed by atoms with Crippen LogP contribution in [0.4, 0.5) is 8.78 Å². The maximum atomic E-state index is 12.8. The van der Waals surface area contributed by atoms with Crippen LogP contribution in [0.2, 0.25) is 0 Å². The van der Waals surface area contributed by atoms with Gasteiger partial charge < -0.3 is 14.3 Å². The first kappa shape index (κ1) is 10.6. The minimum atomic E-state index is -1.02. The molecule has 1 N–H and O–H groups in total. The zero-order chi connectivity index (χ0) is 11.5. The van der Waals surface area contributed by atoms with Crippen molar-refractivity contribution >= 4 is 0 Å². The van der Waals surface area contributed by atoms with Crippen molar-refractivity contribution in [2.45, 2.75) is 6.61 Å². The zero-order valence-electron chi connectivity index (χ0n) is 7.98. The average Bonchev–Trinajstić information content (AvgIpc) is 2.71. The van der Waals surface area contributed by atoms with E-state index < -0.39 is 11.6 Å². The largest absolute Gasteiger partial charge is 0.417 e. The van der Waals surface area contributed by atoms with Gasteiger partial charge in [0.2, 0.25) is 0 Å². The van der Waals surface area contributed by atoms with E-state index in [1.165, 1.54) is 12.3 Å². The second-order valence-corrected chi connectivity index (χ2v) is 2.94. The van der Waals surface area contributed by atoms with Crippen LogP contribution < -0.4 is 4.74 Å². The van der Waals surface area contributed by atoms with E-state index >= 15 is 0 Å². The number of hydrogen-bond donors (Lipinski definition) is 1. The molecule has 0 aliphatic carbocycles. The van der Waals surface area contributed by atoms with Crippen LogP contribution >= 0.6 is 0 Å². The molecule has 84 valence electrons. The van der Waals surface area contributed by atoms with Crippen LogP contribution in [0.3, 0.4) is 0 Å². The van der Waals surface area contributed by atoms with Crippen molar-refractivity contribution in [3.05, 3.63) is 41.8 Å². The van der Waals surface area contributed by atoms with Crippen molar-refractivity contribution in [2.24, 2.45) is 0 Å². The smallest absolute Gasteiger partial charge is 0.399 e. The molecule has 0 atom stereocenters. The zero-order valence-corrected chi connectivity index (χ0v) is 7.98. The summed E-state index contributed by atoms with van der Waals surface area (Å²) in [5, 5.41) is 8.71. The maximum Gasteiger partial charge on any atom is 0.399 e. The van der Waals surface area contributed by atoms with Gasteiger partial charge in [0.15, 0.2) is 11.6 Å². The van der Waals surface area contributed by atoms with Gasteiger partial charge in [-0.05, 0) is 12.1 Å². The Balaban J connectivity index is 2.17. The van der Waals surface area contributed by atoms with E-state index in [9.17, 15) is 8.78 Å². The van der Waals surface area contributed by atoms with Gasteiger partial charge in [-0.1, -0.05) is 0 Å². The predicted molar refractivity (Wildman–Crippen MR) is 48.9 cm³/mol. The molecular formula is C10H7F2NO3. The van der Waals surface area contributed by atoms with Crippen LogP contribution in [0, 0.1) is 11.6 Å². The topological polar surface area (TPSA) is 55.5 Å². The van der Waals surface area contributed by atoms with Crippen molar-refractivity contribution in [1.29, 1.82) is 0 Å². The summed E-state index contributed by atoms with van der Waals surface area (Å²) in [4.78, 5) is 3.72. The van der Waals surface area contributed by atoms with Crippen LogP contribution in [0.5, 0.6) is 11.8 Å². The number of nitrogens with zero attached hydrogens (tertiary/aromatic N) is 1. The summed E-state index contributed by atoms with van der Waals surface area (Å²) in [5.74, 6) is -1.92. The standard InChI is InChI=1S/C10H7F2NO3/c11-8-2-1-7(3-9(8)12)16-10-13-6(4-14)5-15-10/h1-3,5,14H,4H2. The molecule has 2 aromatic rings. The Morgan fingerprint density at radius 3 is 2.75 bits per heavy atom. The highest BCUT2D eigenvalue weighted by Crippen LogP contribution is 2.22. The number of hydrogen-bond acceptors (Lipinski definition) is 4. The summed E-state index contributed by atoms with van der Waals surface area (Å²) in [6.07, 6.45) is 1.06. The third kappa shape index (κ3) is 2.17. The van der Waals surface area contributed by atoms with Crippen LogP contribution in [-0.2, 0) is 6.61 Å². The van der Waals surface area contributed by atoms with E-state index in [4.69, 9.17) is 14.3 Å². The molecule has 2 rings (SSSR count). The molecule has 0 radical (unpaired) electrons. The first-order chi connectivity index (χ1) is 7.69. The quantitative estimate of drug-likeness (QED) is 0.873. The lowest BCUT2D eigenvalue weighted by Crippen LogP contribution is -1.89. The summed E-state index contributed by atoms with van der Waals surface area (Å²) < 4.78 is 35.2. The van der Waals surface area contributed by atoms with Gasteiger partial charge in [-0.2, -0.15) is 4.98 Å². The van der Waals surface area contributed by atoms with Crippen LogP contribution in [-0.4, -0.2) is 10.1 Å². The van der Waals surface area contributed by atoms with Gasteiger partial charge in [0, 0.05) is 6.07 Å². The molecule has 6 heteroatoms. The molecule has 0 aliphatic heterocycles. The molecular weight excluding hydrogens is 220 g/mol. The number of halogens is 2. The summed E-state index contributed by atoms with van der Waals surface area (Å²) in [5.41, 5.74) is 0.289. The normalized spacial score (nSPS) is 10.4. The van der Waals surface area contributed by atoms with E-state index in [1.54, 1.807) is 0 Å². The summed E-state index contributed by atoms with van der Waals surface area (Å²) in [6.45, 7) is -0.287.